The molecule has 156 valence electrons. The third kappa shape index (κ3) is 5.00. The fourth-order valence-corrected chi connectivity index (χ4v) is 3.86. The molecule has 0 atom stereocenters. The van der Waals surface area contributed by atoms with Gasteiger partial charge in [-0.15, -0.1) is 0 Å². The molecule has 31 heavy (non-hydrogen) atoms. The molecule has 7 heteroatoms. The Morgan fingerprint density at radius 1 is 0.935 bits per heavy atom. The maximum atomic E-state index is 13.9. The van der Waals surface area contributed by atoms with Crippen LogP contribution >= 0.6 is 11.8 Å². The summed E-state index contributed by atoms with van der Waals surface area (Å²) in [5.41, 5.74) is 1.79. The van der Waals surface area contributed by atoms with Gasteiger partial charge in [-0.3, -0.25) is 14.5 Å². The molecule has 0 unspecified atom stereocenters. The van der Waals surface area contributed by atoms with Gasteiger partial charge in [0.05, 0.1) is 11.4 Å². The van der Waals surface area contributed by atoms with Gasteiger partial charge in [-0.25, -0.2) is 8.78 Å². The SMILES string of the molecule is O=C1S/C(=C/c2cccc(OCc3ccc(F)cc3)c2)C(=O)N1Cc1ccccc1F. The Kier molecular flexibility index (Phi) is 6.13. The van der Waals surface area contributed by atoms with Crippen molar-refractivity contribution in [2.24, 2.45) is 0 Å². The molecule has 0 N–H and O–H groups in total. The first-order valence-corrected chi connectivity index (χ1v) is 10.3. The molecule has 3 aromatic rings. The molecule has 3 aromatic carbocycles. The van der Waals surface area contributed by atoms with Gasteiger partial charge >= 0.3 is 0 Å². The first kappa shape index (κ1) is 20.8. The van der Waals surface area contributed by atoms with Gasteiger partial charge in [-0.1, -0.05) is 42.5 Å². The molecule has 0 radical (unpaired) electrons. The van der Waals surface area contributed by atoms with Crippen LogP contribution in [0.4, 0.5) is 13.6 Å². The molecule has 1 aliphatic heterocycles. The zero-order chi connectivity index (χ0) is 21.8. The number of ether oxygens (including phenoxy) is 1. The van der Waals surface area contributed by atoms with E-state index in [4.69, 9.17) is 4.74 Å². The lowest BCUT2D eigenvalue weighted by atomic mass is 10.2. The van der Waals surface area contributed by atoms with Crippen molar-refractivity contribution in [1.29, 1.82) is 0 Å². The summed E-state index contributed by atoms with van der Waals surface area (Å²) >= 11 is 0.819. The van der Waals surface area contributed by atoms with Crippen molar-refractivity contribution in [3.63, 3.8) is 0 Å². The zero-order valence-electron chi connectivity index (χ0n) is 16.3. The van der Waals surface area contributed by atoms with Gasteiger partial charge in [0.15, 0.2) is 0 Å². The standard InChI is InChI=1S/C24H17F2NO3S/c25-19-10-8-16(9-11-19)15-30-20-6-3-4-17(12-20)13-22-23(28)27(24(29)31-22)14-18-5-1-2-7-21(18)26/h1-13H,14-15H2/b22-13+. The molecule has 0 aliphatic carbocycles. The lowest BCUT2D eigenvalue weighted by Crippen LogP contribution is -2.27. The third-order valence-electron chi connectivity index (χ3n) is 4.63. The van der Waals surface area contributed by atoms with Crippen LogP contribution in [-0.2, 0) is 17.9 Å². The molecule has 2 amide bonds. The van der Waals surface area contributed by atoms with Crippen LogP contribution in [-0.4, -0.2) is 16.0 Å². The molecule has 0 saturated carbocycles. The predicted molar refractivity (Wildman–Crippen MR) is 115 cm³/mol. The maximum absolute atomic E-state index is 13.9. The van der Waals surface area contributed by atoms with E-state index in [9.17, 15) is 18.4 Å². The van der Waals surface area contributed by atoms with Crippen LogP contribution in [0.5, 0.6) is 5.75 Å². The largest absolute Gasteiger partial charge is 0.489 e. The van der Waals surface area contributed by atoms with Crippen molar-refractivity contribution < 1.29 is 23.1 Å². The second-order valence-corrected chi connectivity index (χ2v) is 7.84. The number of imide groups is 1. The van der Waals surface area contributed by atoms with Crippen LogP contribution in [0, 0.1) is 11.6 Å². The summed E-state index contributed by atoms with van der Waals surface area (Å²) in [7, 11) is 0. The second kappa shape index (κ2) is 9.14. The van der Waals surface area contributed by atoms with Gasteiger partial charge in [-0.2, -0.15) is 0 Å². The molecular weight excluding hydrogens is 420 g/mol. The van der Waals surface area contributed by atoms with E-state index in [0.717, 1.165) is 22.2 Å². The highest BCUT2D eigenvalue weighted by molar-refractivity contribution is 8.18. The van der Waals surface area contributed by atoms with Crippen LogP contribution in [0.15, 0.2) is 77.7 Å². The number of thioether (sulfide) groups is 1. The minimum absolute atomic E-state index is 0.116. The number of hydrogen-bond donors (Lipinski definition) is 0. The van der Waals surface area contributed by atoms with Crippen molar-refractivity contribution in [1.82, 2.24) is 4.90 Å². The molecule has 1 fully saturated rings. The molecule has 1 saturated heterocycles. The molecule has 1 aliphatic rings. The van der Waals surface area contributed by atoms with E-state index >= 15 is 0 Å². The van der Waals surface area contributed by atoms with Gasteiger partial charge in [0.25, 0.3) is 11.1 Å². The van der Waals surface area contributed by atoms with Crippen LogP contribution < -0.4 is 4.74 Å². The highest BCUT2D eigenvalue weighted by atomic mass is 32.2. The highest BCUT2D eigenvalue weighted by Gasteiger charge is 2.35. The lowest BCUT2D eigenvalue weighted by molar-refractivity contribution is -0.123. The van der Waals surface area contributed by atoms with Gasteiger partial charge in [0.2, 0.25) is 0 Å². The van der Waals surface area contributed by atoms with Crippen molar-refractivity contribution in [2.45, 2.75) is 13.2 Å². The van der Waals surface area contributed by atoms with Crippen molar-refractivity contribution >= 4 is 29.0 Å². The zero-order valence-corrected chi connectivity index (χ0v) is 17.1. The van der Waals surface area contributed by atoms with E-state index in [1.807, 2.05) is 0 Å². The number of hydrogen-bond acceptors (Lipinski definition) is 4. The molecule has 0 aromatic heterocycles. The van der Waals surface area contributed by atoms with Crippen LogP contribution in [0.25, 0.3) is 6.08 Å². The summed E-state index contributed by atoms with van der Waals surface area (Å²) in [4.78, 5) is 26.3. The van der Waals surface area contributed by atoms with Crippen molar-refractivity contribution in [2.75, 3.05) is 0 Å². The fraction of sp³-hybridized carbons (Fsp3) is 0.0833. The highest BCUT2D eigenvalue weighted by Crippen LogP contribution is 2.34. The van der Waals surface area contributed by atoms with Gasteiger partial charge in [0.1, 0.15) is 24.0 Å². The van der Waals surface area contributed by atoms with E-state index in [1.165, 1.54) is 18.2 Å². The number of nitrogens with zero attached hydrogens (tertiary/aromatic N) is 1. The Hall–Kier alpha value is -3.45. The third-order valence-corrected chi connectivity index (χ3v) is 5.54. The van der Waals surface area contributed by atoms with E-state index < -0.39 is 17.0 Å². The normalized spacial score (nSPS) is 15.0. The minimum Gasteiger partial charge on any atom is -0.489 e. The van der Waals surface area contributed by atoms with Gasteiger partial charge < -0.3 is 4.74 Å². The summed E-state index contributed by atoms with van der Waals surface area (Å²) in [6.45, 7) is 0.151. The number of amides is 2. The van der Waals surface area contributed by atoms with Crippen molar-refractivity contribution in [3.05, 3.63) is 106 Å². The van der Waals surface area contributed by atoms with Crippen LogP contribution in [0.3, 0.4) is 0 Å². The van der Waals surface area contributed by atoms with Crippen LogP contribution in [0.2, 0.25) is 0 Å². The molecule has 0 spiro atoms. The number of carbonyl (C=O) groups is 2. The fourth-order valence-electron chi connectivity index (χ4n) is 3.03. The van der Waals surface area contributed by atoms with E-state index in [0.29, 0.717) is 11.3 Å². The topological polar surface area (TPSA) is 46.6 Å². The second-order valence-electron chi connectivity index (χ2n) is 6.85. The summed E-state index contributed by atoms with van der Waals surface area (Å²) in [5.74, 6) is -0.661. The first-order chi connectivity index (χ1) is 15.0. The average molecular weight is 437 g/mol. The van der Waals surface area contributed by atoms with Gasteiger partial charge in [0, 0.05) is 5.56 Å². The van der Waals surface area contributed by atoms with Crippen molar-refractivity contribution in [3.8, 4) is 5.75 Å². The molecule has 4 nitrogen and oxygen atoms in total. The smallest absolute Gasteiger partial charge is 0.293 e. The molecule has 1 heterocycles. The summed E-state index contributed by atoms with van der Waals surface area (Å²) in [6.07, 6.45) is 1.61. The molecule has 4 rings (SSSR count). The minimum atomic E-state index is -0.462. The quantitative estimate of drug-likeness (QED) is 0.459. The Morgan fingerprint density at radius 3 is 2.48 bits per heavy atom. The molecular formula is C24H17F2NO3S. The monoisotopic (exact) mass is 437 g/mol. The van der Waals surface area contributed by atoms with Crippen LogP contribution in [0.1, 0.15) is 16.7 Å². The number of rotatable bonds is 6. The molecule has 0 bridgehead atoms. The number of carbonyl (C=O) groups excluding carboxylic acids is 2. The first-order valence-electron chi connectivity index (χ1n) is 9.46. The summed E-state index contributed by atoms with van der Waals surface area (Å²) in [5, 5.41) is -0.441. The van der Waals surface area contributed by atoms with E-state index in [-0.39, 0.29) is 29.4 Å². The Balaban J connectivity index is 1.46. The summed E-state index contributed by atoms with van der Waals surface area (Å²) < 4.78 is 32.6. The lowest BCUT2D eigenvalue weighted by Gasteiger charge is -2.12. The maximum Gasteiger partial charge on any atom is 0.293 e. The predicted octanol–water partition coefficient (Wildman–Crippen LogP) is 5.78. The van der Waals surface area contributed by atoms with E-state index in [1.54, 1.807) is 60.7 Å². The Morgan fingerprint density at radius 2 is 1.71 bits per heavy atom. The van der Waals surface area contributed by atoms with E-state index in [2.05, 4.69) is 0 Å². The average Bonchev–Trinajstić information content (AvgIpc) is 3.02. The Bertz CT molecular complexity index is 1160. The Labute approximate surface area is 182 Å². The summed E-state index contributed by atoms with van der Waals surface area (Å²) in [6, 6.07) is 19.1. The van der Waals surface area contributed by atoms with Gasteiger partial charge in [-0.05, 0) is 59.3 Å². The number of halogens is 2. The number of benzene rings is 3.